The Morgan fingerprint density at radius 1 is 1.25 bits per heavy atom. The molecule has 0 aliphatic heterocycles. The third-order valence-electron chi connectivity index (χ3n) is 3.87. The van der Waals surface area contributed by atoms with Crippen LogP contribution in [0.4, 0.5) is 10.1 Å². The molecule has 3 aromatic rings. The Balaban J connectivity index is 1.63. The Morgan fingerprint density at radius 3 is 2.83 bits per heavy atom. The molecule has 1 amide bonds. The molecule has 24 heavy (non-hydrogen) atoms. The minimum Gasteiger partial charge on any atom is -0.448 e. The predicted octanol–water partition coefficient (Wildman–Crippen LogP) is 3.43. The number of hydrogen-bond acceptors (Lipinski definition) is 4. The number of para-hydroxylation sites is 1. The molecule has 0 atom stereocenters. The Morgan fingerprint density at radius 2 is 2.08 bits per heavy atom. The van der Waals surface area contributed by atoms with Crippen molar-refractivity contribution in [2.24, 2.45) is 0 Å². The molecule has 0 saturated carbocycles. The monoisotopic (exact) mass is 327 g/mol. The summed E-state index contributed by atoms with van der Waals surface area (Å²) in [5.41, 5.74) is 2.76. The maximum atomic E-state index is 13.7. The molecule has 0 saturated heterocycles. The lowest BCUT2D eigenvalue weighted by Crippen LogP contribution is -2.29. The van der Waals surface area contributed by atoms with Gasteiger partial charge in [0.1, 0.15) is 0 Å². The zero-order valence-corrected chi connectivity index (χ0v) is 13.5. The van der Waals surface area contributed by atoms with Gasteiger partial charge in [-0.15, -0.1) is 0 Å². The minimum absolute atomic E-state index is 0.116. The van der Waals surface area contributed by atoms with Crippen molar-refractivity contribution in [1.29, 1.82) is 0 Å². The zero-order chi connectivity index (χ0) is 17.1. The van der Waals surface area contributed by atoms with Crippen LogP contribution in [0.5, 0.6) is 0 Å². The Kier molecular flexibility index (Phi) is 4.46. The highest BCUT2D eigenvalue weighted by atomic mass is 19.1. The number of carbonyl (C=O) groups excluding carboxylic acids is 1. The normalized spacial score (nSPS) is 10.8. The first-order chi connectivity index (χ1) is 11.6. The van der Waals surface area contributed by atoms with E-state index in [4.69, 9.17) is 4.42 Å². The van der Waals surface area contributed by atoms with E-state index >= 15 is 0 Å². The summed E-state index contributed by atoms with van der Waals surface area (Å²) in [7, 11) is 0. The lowest BCUT2D eigenvalue weighted by molar-refractivity contribution is 0.0928. The van der Waals surface area contributed by atoms with Crippen molar-refractivity contribution in [3.63, 3.8) is 0 Å². The minimum atomic E-state index is -0.468. The summed E-state index contributed by atoms with van der Waals surface area (Å²) in [6.45, 7) is 4.68. The summed E-state index contributed by atoms with van der Waals surface area (Å²) in [4.78, 5) is 16.3. The maximum absolute atomic E-state index is 13.7. The fourth-order valence-electron chi connectivity index (χ4n) is 2.55. The number of amides is 1. The topological polar surface area (TPSA) is 67.2 Å². The van der Waals surface area contributed by atoms with Gasteiger partial charge >= 0.3 is 0 Å². The van der Waals surface area contributed by atoms with E-state index in [0.717, 1.165) is 11.3 Å². The first-order valence-electron chi connectivity index (χ1n) is 7.68. The van der Waals surface area contributed by atoms with E-state index in [1.165, 1.54) is 6.07 Å². The van der Waals surface area contributed by atoms with E-state index in [1.54, 1.807) is 31.5 Å². The van der Waals surface area contributed by atoms with Crippen LogP contribution in [0, 0.1) is 19.7 Å². The number of rotatable bonds is 5. The van der Waals surface area contributed by atoms with Crippen LogP contribution in [0.2, 0.25) is 0 Å². The molecule has 5 nitrogen and oxygen atoms in total. The average molecular weight is 327 g/mol. The second kappa shape index (κ2) is 6.70. The van der Waals surface area contributed by atoms with Gasteiger partial charge in [0.15, 0.2) is 17.2 Å². The highest BCUT2D eigenvalue weighted by Gasteiger charge is 2.18. The Bertz CT molecular complexity index is 889. The number of pyridine rings is 1. The standard InChI is InChI=1S/C18H18FN3O2/c1-11-10-20-7-6-15(11)21-8-9-22-18(23)16-12(2)13-4-3-5-14(19)17(13)24-16/h3-7,10H,8-9H2,1-2H3,(H,20,21)(H,22,23). The van der Waals surface area contributed by atoms with Gasteiger partial charge in [-0.1, -0.05) is 12.1 Å². The fourth-order valence-corrected chi connectivity index (χ4v) is 2.55. The number of nitrogens with zero attached hydrogens (tertiary/aromatic N) is 1. The molecule has 0 unspecified atom stereocenters. The SMILES string of the molecule is Cc1cnccc1NCCNC(=O)c1oc2c(F)cccc2c1C. The molecule has 0 bridgehead atoms. The predicted molar refractivity (Wildman–Crippen MR) is 90.7 cm³/mol. The lowest BCUT2D eigenvalue weighted by Gasteiger charge is -2.09. The lowest BCUT2D eigenvalue weighted by atomic mass is 10.1. The number of benzene rings is 1. The summed E-state index contributed by atoms with van der Waals surface area (Å²) in [6.07, 6.45) is 3.48. The number of nitrogens with one attached hydrogen (secondary N) is 2. The van der Waals surface area contributed by atoms with Crippen LogP contribution in [0.25, 0.3) is 11.0 Å². The summed E-state index contributed by atoms with van der Waals surface area (Å²) in [6, 6.07) is 6.53. The quantitative estimate of drug-likeness (QED) is 0.705. The molecular weight excluding hydrogens is 309 g/mol. The molecule has 124 valence electrons. The summed E-state index contributed by atoms with van der Waals surface area (Å²) in [5.74, 6) is -0.670. The summed E-state index contributed by atoms with van der Waals surface area (Å²) >= 11 is 0. The first-order valence-corrected chi connectivity index (χ1v) is 7.68. The number of hydrogen-bond donors (Lipinski definition) is 2. The van der Waals surface area contributed by atoms with Crippen LogP contribution in [-0.2, 0) is 0 Å². The van der Waals surface area contributed by atoms with Gasteiger partial charge in [-0.2, -0.15) is 0 Å². The van der Waals surface area contributed by atoms with Gasteiger partial charge in [-0.25, -0.2) is 4.39 Å². The van der Waals surface area contributed by atoms with Crippen LogP contribution in [-0.4, -0.2) is 24.0 Å². The second-order valence-electron chi connectivity index (χ2n) is 5.55. The van der Waals surface area contributed by atoms with Crippen LogP contribution >= 0.6 is 0 Å². The van der Waals surface area contributed by atoms with Crippen molar-refractivity contribution in [2.75, 3.05) is 18.4 Å². The molecule has 2 N–H and O–H groups in total. The van der Waals surface area contributed by atoms with Crippen molar-refractivity contribution >= 4 is 22.6 Å². The first kappa shape index (κ1) is 16.0. The summed E-state index contributed by atoms with van der Waals surface area (Å²) < 4.78 is 19.1. The van der Waals surface area contributed by atoms with Crippen LogP contribution in [0.3, 0.4) is 0 Å². The highest BCUT2D eigenvalue weighted by molar-refractivity contribution is 5.99. The molecule has 2 heterocycles. The average Bonchev–Trinajstić information content (AvgIpc) is 2.92. The maximum Gasteiger partial charge on any atom is 0.287 e. The number of carbonyl (C=O) groups is 1. The van der Waals surface area contributed by atoms with E-state index in [1.807, 2.05) is 13.0 Å². The third-order valence-corrected chi connectivity index (χ3v) is 3.87. The number of fused-ring (bicyclic) bond motifs is 1. The second-order valence-corrected chi connectivity index (χ2v) is 5.55. The Hall–Kier alpha value is -2.89. The van der Waals surface area contributed by atoms with E-state index in [-0.39, 0.29) is 17.3 Å². The smallest absolute Gasteiger partial charge is 0.287 e. The van der Waals surface area contributed by atoms with E-state index in [0.29, 0.717) is 24.0 Å². The summed E-state index contributed by atoms with van der Waals surface area (Å²) in [5, 5.41) is 6.62. The number of aromatic nitrogens is 1. The van der Waals surface area contributed by atoms with Crippen molar-refractivity contribution in [3.8, 4) is 0 Å². The van der Waals surface area contributed by atoms with Gasteiger partial charge in [0.25, 0.3) is 5.91 Å². The van der Waals surface area contributed by atoms with Gasteiger partial charge < -0.3 is 15.1 Å². The fraction of sp³-hybridized carbons (Fsp3) is 0.222. The Labute approximate surface area is 138 Å². The van der Waals surface area contributed by atoms with E-state index < -0.39 is 5.82 Å². The van der Waals surface area contributed by atoms with Gasteiger partial charge in [-0.05, 0) is 31.5 Å². The molecule has 6 heteroatoms. The van der Waals surface area contributed by atoms with Crippen molar-refractivity contribution in [3.05, 3.63) is 59.4 Å². The highest BCUT2D eigenvalue weighted by Crippen LogP contribution is 2.27. The number of anilines is 1. The van der Waals surface area contributed by atoms with Crippen LogP contribution in [0.15, 0.2) is 41.1 Å². The number of halogens is 1. The molecule has 0 spiro atoms. The van der Waals surface area contributed by atoms with Gasteiger partial charge in [0.05, 0.1) is 0 Å². The zero-order valence-electron chi connectivity index (χ0n) is 13.5. The molecule has 0 radical (unpaired) electrons. The molecule has 2 aromatic heterocycles. The van der Waals surface area contributed by atoms with E-state index in [9.17, 15) is 9.18 Å². The molecule has 3 rings (SSSR count). The van der Waals surface area contributed by atoms with E-state index in [2.05, 4.69) is 15.6 Å². The number of aryl methyl sites for hydroxylation is 2. The van der Waals surface area contributed by atoms with Gasteiger partial charge in [-0.3, -0.25) is 9.78 Å². The van der Waals surface area contributed by atoms with Crippen molar-refractivity contribution in [1.82, 2.24) is 10.3 Å². The third kappa shape index (κ3) is 3.08. The van der Waals surface area contributed by atoms with Gasteiger partial charge in [0.2, 0.25) is 0 Å². The molecule has 1 aromatic carbocycles. The van der Waals surface area contributed by atoms with Gasteiger partial charge in [0, 0.05) is 42.1 Å². The van der Waals surface area contributed by atoms with Crippen molar-refractivity contribution < 1.29 is 13.6 Å². The molecular formula is C18H18FN3O2. The largest absolute Gasteiger partial charge is 0.448 e. The number of furan rings is 1. The van der Waals surface area contributed by atoms with Crippen LogP contribution < -0.4 is 10.6 Å². The molecule has 0 aliphatic carbocycles. The van der Waals surface area contributed by atoms with Crippen molar-refractivity contribution in [2.45, 2.75) is 13.8 Å². The molecule has 0 fully saturated rings. The molecule has 0 aliphatic rings. The van der Waals surface area contributed by atoms with Crippen LogP contribution in [0.1, 0.15) is 21.7 Å².